The van der Waals surface area contributed by atoms with Gasteiger partial charge < -0.3 is 20.6 Å². The molecule has 0 saturated carbocycles. The van der Waals surface area contributed by atoms with Crippen molar-refractivity contribution in [2.45, 2.75) is 63.5 Å². The van der Waals surface area contributed by atoms with E-state index in [1.165, 1.54) is 0 Å². The summed E-state index contributed by atoms with van der Waals surface area (Å²) in [6.45, 7) is 0.668. The van der Waals surface area contributed by atoms with Gasteiger partial charge in [-0.05, 0) is 44.1 Å². The quantitative estimate of drug-likeness (QED) is 0.604. The molecule has 154 valence electrons. The van der Waals surface area contributed by atoms with E-state index in [9.17, 15) is 14.4 Å². The van der Waals surface area contributed by atoms with Crippen LogP contribution in [0.15, 0.2) is 30.3 Å². The first kappa shape index (κ1) is 21.7. The molecule has 0 spiro atoms. The molecule has 0 radical (unpaired) electrons. The van der Waals surface area contributed by atoms with Crippen LogP contribution in [-0.4, -0.2) is 53.6 Å². The molecule has 2 unspecified atom stereocenters. The van der Waals surface area contributed by atoms with Gasteiger partial charge in [-0.2, -0.15) is 0 Å². The number of carbonyl (C=O) groups is 3. The van der Waals surface area contributed by atoms with Crippen LogP contribution in [0.3, 0.4) is 0 Å². The predicted molar refractivity (Wildman–Crippen MR) is 107 cm³/mol. The second-order valence-electron chi connectivity index (χ2n) is 7.32. The summed E-state index contributed by atoms with van der Waals surface area (Å²) in [5.74, 6) is -0.886. The number of carboxylic acids is 1. The molecule has 2 rings (SSSR count). The Morgan fingerprint density at radius 1 is 1.18 bits per heavy atom. The zero-order valence-electron chi connectivity index (χ0n) is 16.5. The van der Waals surface area contributed by atoms with Crippen LogP contribution in [0.4, 0.5) is 4.79 Å². The number of likely N-dealkylation sites (tertiary alicyclic amines) is 1. The molecule has 1 aliphatic heterocycles. The van der Waals surface area contributed by atoms with E-state index < -0.39 is 5.97 Å². The van der Waals surface area contributed by atoms with Crippen molar-refractivity contribution in [3.8, 4) is 0 Å². The topological polar surface area (TPSA) is 98.7 Å². The molecule has 3 N–H and O–H groups in total. The number of hydrogen-bond donors (Lipinski definition) is 3. The number of nitrogens with one attached hydrogen (secondary N) is 2. The number of benzene rings is 1. The molecule has 2 atom stereocenters. The van der Waals surface area contributed by atoms with E-state index in [-0.39, 0.29) is 30.4 Å². The molecule has 1 saturated heterocycles. The summed E-state index contributed by atoms with van der Waals surface area (Å²) >= 11 is 0. The van der Waals surface area contributed by atoms with Gasteiger partial charge in [0.25, 0.3) is 0 Å². The molecular formula is C21H31N3O4. The van der Waals surface area contributed by atoms with Crippen LogP contribution < -0.4 is 10.6 Å². The van der Waals surface area contributed by atoms with Crippen LogP contribution in [0.2, 0.25) is 0 Å². The number of urea groups is 1. The summed E-state index contributed by atoms with van der Waals surface area (Å²) in [6, 6.07) is 9.40. The highest BCUT2D eigenvalue weighted by molar-refractivity contribution is 5.76. The zero-order valence-corrected chi connectivity index (χ0v) is 16.5. The Kier molecular flexibility index (Phi) is 8.78. The zero-order chi connectivity index (χ0) is 20.4. The monoisotopic (exact) mass is 389 g/mol. The number of piperidine rings is 1. The maximum absolute atomic E-state index is 12.9. The van der Waals surface area contributed by atoms with Crippen molar-refractivity contribution < 1.29 is 19.5 Å². The second-order valence-corrected chi connectivity index (χ2v) is 7.32. The lowest BCUT2D eigenvalue weighted by Gasteiger charge is -2.37. The van der Waals surface area contributed by atoms with Gasteiger partial charge in [-0.1, -0.05) is 30.3 Å². The van der Waals surface area contributed by atoms with Gasteiger partial charge in [0.15, 0.2) is 0 Å². The Bertz CT molecular complexity index is 650. The molecule has 0 aliphatic carbocycles. The molecule has 0 bridgehead atoms. The minimum absolute atomic E-state index is 0.0118. The van der Waals surface area contributed by atoms with Crippen LogP contribution in [-0.2, 0) is 16.0 Å². The van der Waals surface area contributed by atoms with E-state index in [1.54, 1.807) is 7.05 Å². The third-order valence-electron chi connectivity index (χ3n) is 5.23. The van der Waals surface area contributed by atoms with Gasteiger partial charge in [-0.25, -0.2) is 4.79 Å². The minimum Gasteiger partial charge on any atom is -0.481 e. The van der Waals surface area contributed by atoms with E-state index in [0.717, 1.165) is 24.8 Å². The lowest BCUT2D eigenvalue weighted by molar-refractivity contribution is -0.137. The first-order valence-electron chi connectivity index (χ1n) is 10.0. The van der Waals surface area contributed by atoms with Gasteiger partial charge in [-0.3, -0.25) is 9.59 Å². The Morgan fingerprint density at radius 2 is 1.93 bits per heavy atom. The fourth-order valence-electron chi connectivity index (χ4n) is 3.67. The fourth-order valence-corrected chi connectivity index (χ4v) is 3.67. The number of rotatable bonds is 9. The summed E-state index contributed by atoms with van der Waals surface area (Å²) in [5, 5.41) is 14.7. The number of aliphatic carboxylic acids is 1. The lowest BCUT2D eigenvalue weighted by atomic mass is 9.97. The SMILES string of the molecule is CNC(=O)CCC1CCCCN1C(=O)NC(CCC(=O)O)Cc1ccccc1. The van der Waals surface area contributed by atoms with E-state index in [2.05, 4.69) is 10.6 Å². The van der Waals surface area contributed by atoms with Crippen LogP contribution in [0.1, 0.15) is 50.5 Å². The van der Waals surface area contributed by atoms with Crippen molar-refractivity contribution in [3.63, 3.8) is 0 Å². The van der Waals surface area contributed by atoms with Crippen LogP contribution in [0.5, 0.6) is 0 Å². The first-order valence-corrected chi connectivity index (χ1v) is 10.0. The maximum atomic E-state index is 12.9. The van der Waals surface area contributed by atoms with Gasteiger partial charge in [-0.15, -0.1) is 0 Å². The van der Waals surface area contributed by atoms with Gasteiger partial charge in [0, 0.05) is 38.5 Å². The molecular weight excluding hydrogens is 358 g/mol. The third-order valence-corrected chi connectivity index (χ3v) is 5.23. The van der Waals surface area contributed by atoms with Crippen LogP contribution >= 0.6 is 0 Å². The standard InChI is InChI=1S/C21H31N3O4/c1-22-19(25)12-11-18-9-5-6-14-24(18)21(28)23-17(10-13-20(26)27)15-16-7-3-2-4-8-16/h2-4,7-8,17-18H,5-6,9-15H2,1H3,(H,22,25)(H,23,28)(H,26,27). The highest BCUT2D eigenvalue weighted by Gasteiger charge is 2.28. The Hall–Kier alpha value is -2.57. The van der Waals surface area contributed by atoms with Crippen molar-refractivity contribution in [1.82, 2.24) is 15.5 Å². The molecule has 28 heavy (non-hydrogen) atoms. The lowest BCUT2D eigenvalue weighted by Crippen LogP contribution is -2.52. The first-order chi connectivity index (χ1) is 13.5. The number of hydrogen-bond acceptors (Lipinski definition) is 3. The van der Waals surface area contributed by atoms with Crippen molar-refractivity contribution >= 4 is 17.9 Å². The molecule has 3 amide bonds. The molecule has 1 aliphatic rings. The van der Waals surface area contributed by atoms with E-state index in [0.29, 0.717) is 32.2 Å². The summed E-state index contributed by atoms with van der Waals surface area (Å²) in [7, 11) is 1.62. The van der Waals surface area contributed by atoms with Gasteiger partial charge >= 0.3 is 12.0 Å². The average molecular weight is 389 g/mol. The number of nitrogens with zero attached hydrogens (tertiary/aromatic N) is 1. The minimum atomic E-state index is -0.867. The molecule has 1 aromatic rings. The summed E-state index contributed by atoms with van der Waals surface area (Å²) < 4.78 is 0. The van der Waals surface area contributed by atoms with Crippen molar-refractivity contribution in [2.24, 2.45) is 0 Å². The van der Waals surface area contributed by atoms with Crippen molar-refractivity contribution in [3.05, 3.63) is 35.9 Å². The highest BCUT2D eigenvalue weighted by Crippen LogP contribution is 2.21. The van der Waals surface area contributed by atoms with Gasteiger partial charge in [0.05, 0.1) is 0 Å². The van der Waals surface area contributed by atoms with Gasteiger partial charge in [0.2, 0.25) is 5.91 Å². The largest absolute Gasteiger partial charge is 0.481 e. The highest BCUT2D eigenvalue weighted by atomic mass is 16.4. The third kappa shape index (κ3) is 7.21. The van der Waals surface area contributed by atoms with Crippen LogP contribution in [0, 0.1) is 0 Å². The number of amides is 3. The predicted octanol–water partition coefficient (Wildman–Crippen LogP) is 2.55. The normalized spacial score (nSPS) is 17.6. The average Bonchev–Trinajstić information content (AvgIpc) is 2.71. The summed E-state index contributed by atoms with van der Waals surface area (Å²) in [4.78, 5) is 37.3. The fraction of sp³-hybridized carbons (Fsp3) is 0.571. The Balaban J connectivity index is 2.00. The van der Waals surface area contributed by atoms with Gasteiger partial charge in [0.1, 0.15) is 0 Å². The van der Waals surface area contributed by atoms with E-state index in [4.69, 9.17) is 5.11 Å². The number of carbonyl (C=O) groups excluding carboxylic acids is 2. The molecule has 1 aromatic carbocycles. The molecule has 7 nitrogen and oxygen atoms in total. The number of carboxylic acid groups (broad SMARTS) is 1. The molecule has 0 aromatic heterocycles. The smallest absolute Gasteiger partial charge is 0.317 e. The molecule has 1 fully saturated rings. The molecule has 7 heteroatoms. The van der Waals surface area contributed by atoms with Crippen molar-refractivity contribution in [1.29, 1.82) is 0 Å². The molecule has 1 heterocycles. The second kappa shape index (κ2) is 11.3. The van der Waals surface area contributed by atoms with E-state index in [1.807, 2.05) is 35.2 Å². The van der Waals surface area contributed by atoms with E-state index >= 15 is 0 Å². The Labute approximate surface area is 166 Å². The summed E-state index contributed by atoms with van der Waals surface area (Å²) in [5.41, 5.74) is 1.06. The Morgan fingerprint density at radius 3 is 2.61 bits per heavy atom. The maximum Gasteiger partial charge on any atom is 0.317 e. The summed E-state index contributed by atoms with van der Waals surface area (Å²) in [6.07, 6.45) is 4.92. The van der Waals surface area contributed by atoms with Crippen molar-refractivity contribution in [2.75, 3.05) is 13.6 Å². The van der Waals surface area contributed by atoms with Crippen LogP contribution in [0.25, 0.3) is 0 Å².